The van der Waals surface area contributed by atoms with E-state index in [-0.39, 0.29) is 11.4 Å². The van der Waals surface area contributed by atoms with Crippen molar-refractivity contribution in [1.82, 2.24) is 19.6 Å². The lowest BCUT2D eigenvalue weighted by atomic mass is 10.0. The number of hydrogen-bond donors (Lipinski definition) is 2. The fourth-order valence-electron chi connectivity index (χ4n) is 4.24. The van der Waals surface area contributed by atoms with Crippen molar-refractivity contribution >= 4 is 17.2 Å². The Balaban J connectivity index is 1.49. The molecule has 0 radical (unpaired) electrons. The van der Waals surface area contributed by atoms with E-state index in [9.17, 15) is 18.3 Å². The molecule has 176 valence electrons. The van der Waals surface area contributed by atoms with Crippen molar-refractivity contribution in [3.8, 4) is 16.9 Å². The van der Waals surface area contributed by atoms with Gasteiger partial charge in [0.1, 0.15) is 17.2 Å². The molecule has 1 saturated heterocycles. The molecule has 5 rings (SSSR count). The van der Waals surface area contributed by atoms with E-state index < -0.39 is 11.7 Å². The Hall–Kier alpha value is -3.66. The summed E-state index contributed by atoms with van der Waals surface area (Å²) in [4.78, 5) is 6.19. The van der Waals surface area contributed by atoms with Crippen molar-refractivity contribution < 1.29 is 18.3 Å². The number of nitrogens with one attached hydrogen (secondary N) is 1. The summed E-state index contributed by atoms with van der Waals surface area (Å²) in [6.45, 7) is 5.14. The molecule has 2 N–H and O–H groups in total. The summed E-state index contributed by atoms with van der Waals surface area (Å²) in [5, 5.41) is 22.8. The van der Waals surface area contributed by atoms with Gasteiger partial charge in [-0.1, -0.05) is 12.1 Å². The van der Waals surface area contributed by atoms with E-state index in [4.69, 9.17) is 0 Å². The smallest absolute Gasteiger partial charge is 0.420 e. The Bertz CT molecular complexity index is 1330. The first kappa shape index (κ1) is 22.1. The fraction of sp³-hybridized carbons (Fsp3) is 0.292. The first-order valence-corrected chi connectivity index (χ1v) is 11.0. The summed E-state index contributed by atoms with van der Waals surface area (Å²) < 4.78 is 42.4. The molecule has 2 aromatic heterocycles. The molecule has 0 atom stereocenters. The van der Waals surface area contributed by atoms with Crippen molar-refractivity contribution in [2.45, 2.75) is 19.5 Å². The van der Waals surface area contributed by atoms with E-state index in [2.05, 4.69) is 25.4 Å². The normalized spacial score (nSPS) is 17.0. The van der Waals surface area contributed by atoms with Gasteiger partial charge < -0.3 is 19.7 Å². The van der Waals surface area contributed by atoms with Gasteiger partial charge in [-0.25, -0.2) is 4.98 Å². The highest BCUT2D eigenvalue weighted by Gasteiger charge is 2.34. The number of imidazole rings is 1. The summed E-state index contributed by atoms with van der Waals surface area (Å²) in [6.07, 6.45) is 2.95. The molecule has 0 unspecified atom stereocenters. The third kappa shape index (κ3) is 4.28. The molecule has 1 fully saturated rings. The van der Waals surface area contributed by atoms with E-state index in [1.54, 1.807) is 37.5 Å². The van der Waals surface area contributed by atoms with Gasteiger partial charge in [-0.3, -0.25) is 0 Å². The number of aryl methyl sites for hydroxylation is 1. The second-order valence-electron chi connectivity index (χ2n) is 8.33. The van der Waals surface area contributed by atoms with Gasteiger partial charge in [0.25, 0.3) is 0 Å². The molecule has 1 aromatic carbocycles. The lowest BCUT2D eigenvalue weighted by Gasteiger charge is -2.29. The SMILES string of the molecule is Cc1cn2cc(-c3ccc(C4=NN=C(N5CCNCC5)CC=C4)c(O)c3)cc(C(F)(F)F)c2n1. The molecule has 0 amide bonds. The standard InChI is InChI=1S/C24H23F3N6O/c1-15-13-33-14-17(11-19(23(33)29-15)24(25,26)27)16-5-6-18(21(34)12-16)20-3-2-4-22(31-30-20)32-9-7-28-8-10-32/h2-3,5-6,11-14,28,34H,4,7-10H2,1H3. The third-order valence-corrected chi connectivity index (χ3v) is 5.92. The van der Waals surface area contributed by atoms with Crippen LogP contribution in [-0.4, -0.2) is 57.1 Å². The van der Waals surface area contributed by atoms with Crippen LogP contribution < -0.4 is 5.32 Å². The molecule has 3 aromatic rings. The average molecular weight is 468 g/mol. The van der Waals surface area contributed by atoms with Crippen molar-refractivity contribution in [3.63, 3.8) is 0 Å². The summed E-state index contributed by atoms with van der Waals surface area (Å²) in [6, 6.07) is 5.82. The monoisotopic (exact) mass is 468 g/mol. The second-order valence-corrected chi connectivity index (χ2v) is 8.33. The molecule has 0 aliphatic carbocycles. The predicted octanol–water partition coefficient (Wildman–Crippen LogP) is 4.00. The number of piperazine rings is 1. The van der Waals surface area contributed by atoms with Gasteiger partial charge in [-0.2, -0.15) is 13.2 Å². The van der Waals surface area contributed by atoms with Crippen molar-refractivity contribution in [3.05, 3.63) is 65.6 Å². The minimum atomic E-state index is -4.56. The van der Waals surface area contributed by atoms with Gasteiger partial charge in [0.2, 0.25) is 0 Å². The molecule has 4 heterocycles. The number of fused-ring (bicyclic) bond motifs is 1. The van der Waals surface area contributed by atoms with Crippen LogP contribution in [0.3, 0.4) is 0 Å². The van der Waals surface area contributed by atoms with E-state index in [0.717, 1.165) is 38.1 Å². The topological polar surface area (TPSA) is 77.5 Å². The van der Waals surface area contributed by atoms with Gasteiger partial charge in [0.05, 0.1) is 17.0 Å². The zero-order valence-corrected chi connectivity index (χ0v) is 18.5. The van der Waals surface area contributed by atoms with Crippen LogP contribution >= 0.6 is 0 Å². The number of alkyl halides is 3. The number of aromatic hydroxyl groups is 1. The highest BCUT2D eigenvalue weighted by Crippen LogP contribution is 2.36. The maximum Gasteiger partial charge on any atom is 0.420 e. The minimum absolute atomic E-state index is 0.0859. The molecule has 2 aliphatic heterocycles. The minimum Gasteiger partial charge on any atom is -0.507 e. The lowest BCUT2D eigenvalue weighted by molar-refractivity contribution is -0.136. The van der Waals surface area contributed by atoms with Gasteiger partial charge in [-0.15, -0.1) is 10.2 Å². The number of benzene rings is 1. The third-order valence-electron chi connectivity index (χ3n) is 5.92. The molecule has 0 spiro atoms. The highest BCUT2D eigenvalue weighted by atomic mass is 19.4. The molecule has 34 heavy (non-hydrogen) atoms. The van der Waals surface area contributed by atoms with Crippen molar-refractivity contribution in [2.75, 3.05) is 26.2 Å². The highest BCUT2D eigenvalue weighted by molar-refractivity contribution is 6.11. The molecule has 7 nitrogen and oxygen atoms in total. The van der Waals surface area contributed by atoms with E-state index in [1.165, 1.54) is 10.5 Å². The Kier molecular flexibility index (Phi) is 5.60. The maximum atomic E-state index is 13.7. The molecule has 2 aliphatic rings. The number of nitrogens with zero attached hydrogens (tertiary/aromatic N) is 5. The zero-order chi connectivity index (χ0) is 23.9. The van der Waals surface area contributed by atoms with Gasteiger partial charge in [-0.05, 0) is 42.3 Å². The molecule has 0 saturated carbocycles. The Labute approximate surface area is 194 Å². The van der Waals surface area contributed by atoms with Crippen LogP contribution in [-0.2, 0) is 6.18 Å². The van der Waals surface area contributed by atoms with Crippen LogP contribution in [0.25, 0.3) is 16.8 Å². The van der Waals surface area contributed by atoms with Crippen LogP contribution in [0.4, 0.5) is 13.2 Å². The van der Waals surface area contributed by atoms with Gasteiger partial charge in [0, 0.05) is 50.6 Å². The Morgan fingerprint density at radius 2 is 1.82 bits per heavy atom. The van der Waals surface area contributed by atoms with Gasteiger partial charge in [0.15, 0.2) is 0 Å². The summed E-state index contributed by atoms with van der Waals surface area (Å²) >= 11 is 0. The van der Waals surface area contributed by atoms with Crippen LogP contribution in [0, 0.1) is 6.92 Å². The van der Waals surface area contributed by atoms with Crippen LogP contribution in [0.5, 0.6) is 5.75 Å². The zero-order valence-electron chi connectivity index (χ0n) is 18.5. The number of halogens is 3. The number of aromatic nitrogens is 2. The van der Waals surface area contributed by atoms with Crippen LogP contribution in [0.2, 0.25) is 0 Å². The fourth-order valence-corrected chi connectivity index (χ4v) is 4.24. The quantitative estimate of drug-likeness (QED) is 0.596. The maximum absolute atomic E-state index is 13.7. The van der Waals surface area contributed by atoms with Crippen LogP contribution in [0.1, 0.15) is 23.2 Å². The summed E-state index contributed by atoms with van der Waals surface area (Å²) in [7, 11) is 0. The van der Waals surface area contributed by atoms with E-state index >= 15 is 0 Å². The summed E-state index contributed by atoms with van der Waals surface area (Å²) in [5.74, 6) is 0.782. The second kappa shape index (κ2) is 8.60. The molecular weight excluding hydrogens is 445 g/mol. The lowest BCUT2D eigenvalue weighted by Crippen LogP contribution is -2.46. The predicted molar refractivity (Wildman–Crippen MR) is 124 cm³/mol. The first-order valence-electron chi connectivity index (χ1n) is 11.0. The Morgan fingerprint density at radius 3 is 2.56 bits per heavy atom. The largest absolute Gasteiger partial charge is 0.507 e. The van der Waals surface area contributed by atoms with Crippen LogP contribution in [0.15, 0.2) is 59.0 Å². The number of rotatable bonds is 2. The average Bonchev–Trinajstić information content (AvgIpc) is 3.02. The van der Waals surface area contributed by atoms with Crippen molar-refractivity contribution in [2.24, 2.45) is 10.2 Å². The number of pyridine rings is 1. The summed E-state index contributed by atoms with van der Waals surface area (Å²) in [5.41, 5.74) is 1.23. The number of phenols is 1. The Morgan fingerprint density at radius 1 is 1.03 bits per heavy atom. The molecular formula is C24H23F3N6O. The van der Waals surface area contributed by atoms with E-state index in [0.29, 0.717) is 34.5 Å². The van der Waals surface area contributed by atoms with Crippen molar-refractivity contribution in [1.29, 1.82) is 0 Å². The molecule has 0 bridgehead atoms. The number of phenolic OH excluding ortho intramolecular Hbond substituents is 1. The van der Waals surface area contributed by atoms with E-state index in [1.807, 2.05) is 6.08 Å². The molecule has 10 heteroatoms. The number of hydrogen-bond acceptors (Lipinski definition) is 6. The first-order chi connectivity index (χ1) is 16.3. The number of amidine groups is 1. The number of allylic oxidation sites excluding steroid dienone is 1. The van der Waals surface area contributed by atoms with Gasteiger partial charge >= 0.3 is 6.18 Å².